The summed E-state index contributed by atoms with van der Waals surface area (Å²) in [6.07, 6.45) is 0. The van der Waals surface area contributed by atoms with Crippen LogP contribution >= 0.6 is 0 Å². The predicted octanol–water partition coefficient (Wildman–Crippen LogP) is 1.58. The number of hydrogen-bond donors (Lipinski definition) is 0. The van der Waals surface area contributed by atoms with Gasteiger partial charge in [0.15, 0.2) is 0 Å². The fourth-order valence-corrected chi connectivity index (χ4v) is 3.66. The Morgan fingerprint density at radius 1 is 1.18 bits per heavy atom. The van der Waals surface area contributed by atoms with Crippen molar-refractivity contribution >= 4 is 14.0 Å². The Hall–Kier alpha value is -1.37. The van der Waals surface area contributed by atoms with E-state index in [0.717, 1.165) is 10.8 Å². The highest BCUT2D eigenvalue weighted by atomic mass is 28.4. The van der Waals surface area contributed by atoms with E-state index in [0.29, 0.717) is 0 Å². The van der Waals surface area contributed by atoms with E-state index < -0.39 is 8.80 Å². The van der Waals surface area contributed by atoms with Gasteiger partial charge in [-0.25, -0.2) is 0 Å². The Kier molecular flexibility index (Phi) is 5.14. The summed E-state index contributed by atoms with van der Waals surface area (Å²) in [5.74, 6) is 0. The summed E-state index contributed by atoms with van der Waals surface area (Å²) in [6, 6.07) is 7.47. The van der Waals surface area contributed by atoms with Crippen LogP contribution in [0.3, 0.4) is 0 Å². The van der Waals surface area contributed by atoms with Crippen LogP contribution in [0.25, 0.3) is 10.4 Å². The summed E-state index contributed by atoms with van der Waals surface area (Å²) in [5.41, 5.74) is 9.22. The molecule has 0 heterocycles. The minimum Gasteiger partial charge on any atom is -0.373 e. The first-order valence-electron chi connectivity index (χ1n) is 4.98. The van der Waals surface area contributed by atoms with Gasteiger partial charge < -0.3 is 13.3 Å². The van der Waals surface area contributed by atoms with Gasteiger partial charge in [0.25, 0.3) is 0 Å². The second-order valence-electron chi connectivity index (χ2n) is 3.21. The molecular formula is C10H15N3O3Si. The van der Waals surface area contributed by atoms with Crippen LogP contribution in [-0.4, -0.2) is 30.1 Å². The molecule has 0 aromatic heterocycles. The van der Waals surface area contributed by atoms with Gasteiger partial charge in [0.05, 0.1) is 6.54 Å². The first-order chi connectivity index (χ1) is 8.24. The molecule has 0 aliphatic rings. The average Bonchev–Trinajstić information content (AvgIpc) is 2.40. The minimum atomic E-state index is -2.87. The van der Waals surface area contributed by atoms with Crippen molar-refractivity contribution in [1.82, 2.24) is 0 Å². The van der Waals surface area contributed by atoms with Crippen molar-refractivity contribution in [2.24, 2.45) is 5.11 Å². The fourth-order valence-electron chi connectivity index (χ4n) is 1.64. The Bertz CT molecular complexity index is 409. The van der Waals surface area contributed by atoms with E-state index in [1.54, 1.807) is 21.3 Å². The molecule has 0 aliphatic heterocycles. The minimum absolute atomic E-state index is 0.248. The molecule has 7 heteroatoms. The molecule has 0 atom stereocenters. The summed E-state index contributed by atoms with van der Waals surface area (Å²) in [4.78, 5) is 2.75. The number of benzene rings is 1. The van der Waals surface area contributed by atoms with Gasteiger partial charge in [0.1, 0.15) is 0 Å². The van der Waals surface area contributed by atoms with Crippen LogP contribution in [0.15, 0.2) is 29.4 Å². The van der Waals surface area contributed by atoms with Crippen molar-refractivity contribution in [3.05, 3.63) is 40.3 Å². The predicted molar refractivity (Wildman–Crippen MR) is 65.7 cm³/mol. The SMILES string of the molecule is CO[Si](OC)(OC)c1ccccc1CN=[N+]=[N-]. The number of nitrogens with zero attached hydrogens (tertiary/aromatic N) is 3. The van der Waals surface area contributed by atoms with Crippen LogP contribution in [-0.2, 0) is 19.8 Å². The van der Waals surface area contributed by atoms with Gasteiger partial charge in [0, 0.05) is 31.4 Å². The van der Waals surface area contributed by atoms with E-state index >= 15 is 0 Å². The zero-order valence-corrected chi connectivity index (χ0v) is 11.1. The van der Waals surface area contributed by atoms with Gasteiger partial charge in [-0.2, -0.15) is 0 Å². The average molecular weight is 253 g/mol. The normalized spacial score (nSPS) is 11.0. The Morgan fingerprint density at radius 2 is 1.76 bits per heavy atom. The standard InChI is InChI=1S/C10H15N3O3Si/c1-14-17(15-2,16-3)10-7-5-4-6-9(10)8-12-13-11/h4-7H,8H2,1-3H3. The smallest absolute Gasteiger partial charge is 0.373 e. The molecule has 0 amide bonds. The van der Waals surface area contributed by atoms with Crippen molar-refractivity contribution in [2.75, 3.05) is 21.3 Å². The van der Waals surface area contributed by atoms with Gasteiger partial charge >= 0.3 is 8.80 Å². The topological polar surface area (TPSA) is 76.5 Å². The van der Waals surface area contributed by atoms with E-state index in [-0.39, 0.29) is 6.54 Å². The molecule has 0 spiro atoms. The second kappa shape index (κ2) is 6.38. The van der Waals surface area contributed by atoms with Crippen molar-refractivity contribution in [3.8, 4) is 0 Å². The monoisotopic (exact) mass is 253 g/mol. The molecule has 0 radical (unpaired) electrons. The van der Waals surface area contributed by atoms with Gasteiger partial charge in [-0.1, -0.05) is 29.4 Å². The highest BCUT2D eigenvalue weighted by Crippen LogP contribution is 2.11. The fraction of sp³-hybridized carbons (Fsp3) is 0.400. The van der Waals surface area contributed by atoms with Gasteiger partial charge in [-0.05, 0) is 11.1 Å². The molecule has 6 nitrogen and oxygen atoms in total. The molecule has 0 fully saturated rings. The molecule has 1 aromatic carbocycles. The zero-order valence-electron chi connectivity index (χ0n) is 10.1. The lowest BCUT2D eigenvalue weighted by Crippen LogP contribution is -2.55. The lowest BCUT2D eigenvalue weighted by atomic mass is 10.2. The van der Waals surface area contributed by atoms with Crippen LogP contribution in [0, 0.1) is 0 Å². The molecule has 0 saturated carbocycles. The molecule has 0 aliphatic carbocycles. The van der Waals surface area contributed by atoms with Crippen LogP contribution in [0.1, 0.15) is 5.56 Å². The quantitative estimate of drug-likeness (QED) is 0.334. The molecule has 92 valence electrons. The molecule has 1 rings (SSSR count). The maximum atomic E-state index is 8.37. The summed E-state index contributed by atoms with van der Waals surface area (Å²) in [6.45, 7) is 0.248. The van der Waals surface area contributed by atoms with Gasteiger partial charge in [-0.15, -0.1) is 0 Å². The first-order valence-corrected chi connectivity index (χ1v) is 6.71. The van der Waals surface area contributed by atoms with Gasteiger partial charge in [0.2, 0.25) is 0 Å². The van der Waals surface area contributed by atoms with E-state index in [9.17, 15) is 0 Å². The maximum Gasteiger partial charge on any atom is 0.536 e. The number of rotatable bonds is 6. The zero-order chi connectivity index (χ0) is 12.7. The Balaban J connectivity index is 3.22. The van der Waals surface area contributed by atoms with Crippen LogP contribution in [0.5, 0.6) is 0 Å². The number of hydrogen-bond acceptors (Lipinski definition) is 4. The molecule has 0 N–H and O–H groups in total. The van der Waals surface area contributed by atoms with Crippen LogP contribution in [0.4, 0.5) is 0 Å². The highest BCUT2D eigenvalue weighted by molar-refractivity contribution is 6.75. The van der Waals surface area contributed by atoms with Crippen LogP contribution in [0.2, 0.25) is 0 Å². The van der Waals surface area contributed by atoms with Crippen molar-refractivity contribution < 1.29 is 13.3 Å². The lowest BCUT2D eigenvalue weighted by Gasteiger charge is -2.26. The molecular weight excluding hydrogens is 238 g/mol. The third-order valence-corrected chi connectivity index (χ3v) is 5.22. The Morgan fingerprint density at radius 3 is 2.29 bits per heavy atom. The van der Waals surface area contributed by atoms with Crippen LogP contribution < -0.4 is 5.19 Å². The molecule has 0 saturated heterocycles. The van der Waals surface area contributed by atoms with Gasteiger partial charge in [-0.3, -0.25) is 0 Å². The maximum absolute atomic E-state index is 8.37. The van der Waals surface area contributed by atoms with E-state index in [1.165, 1.54) is 0 Å². The van der Waals surface area contributed by atoms with E-state index in [4.69, 9.17) is 18.8 Å². The van der Waals surface area contributed by atoms with Crippen molar-refractivity contribution in [2.45, 2.75) is 6.54 Å². The third kappa shape index (κ3) is 2.85. The summed E-state index contributed by atoms with van der Waals surface area (Å²) >= 11 is 0. The second-order valence-corrected chi connectivity index (χ2v) is 6.09. The highest BCUT2D eigenvalue weighted by Gasteiger charge is 2.42. The first kappa shape index (κ1) is 13.7. The number of azide groups is 1. The molecule has 0 unspecified atom stereocenters. The molecule has 17 heavy (non-hydrogen) atoms. The summed E-state index contributed by atoms with van der Waals surface area (Å²) < 4.78 is 16.2. The van der Waals surface area contributed by atoms with E-state index in [1.807, 2.05) is 24.3 Å². The Labute approximate surface area is 101 Å². The molecule has 0 bridgehead atoms. The van der Waals surface area contributed by atoms with Crippen molar-refractivity contribution in [3.63, 3.8) is 0 Å². The van der Waals surface area contributed by atoms with Crippen molar-refractivity contribution in [1.29, 1.82) is 0 Å². The van der Waals surface area contributed by atoms with E-state index in [2.05, 4.69) is 10.0 Å². The summed E-state index contributed by atoms with van der Waals surface area (Å²) in [5, 5.41) is 4.37. The largest absolute Gasteiger partial charge is 0.536 e. The third-order valence-electron chi connectivity index (χ3n) is 2.46. The summed E-state index contributed by atoms with van der Waals surface area (Å²) in [7, 11) is 1.76. The lowest BCUT2D eigenvalue weighted by molar-refractivity contribution is 0.140. The molecule has 1 aromatic rings.